The van der Waals surface area contributed by atoms with Gasteiger partial charge in [0, 0.05) is 19.6 Å². The van der Waals surface area contributed by atoms with Gasteiger partial charge in [0.05, 0.1) is 18.8 Å². The van der Waals surface area contributed by atoms with Gasteiger partial charge in [0.25, 0.3) is 0 Å². The van der Waals surface area contributed by atoms with Crippen LogP contribution in [0.4, 0.5) is 0 Å². The molecule has 0 amide bonds. The van der Waals surface area contributed by atoms with Crippen LogP contribution in [0.25, 0.3) is 0 Å². The van der Waals surface area contributed by atoms with Crippen molar-refractivity contribution < 1.29 is 4.74 Å². The lowest BCUT2D eigenvalue weighted by Crippen LogP contribution is -2.71. The van der Waals surface area contributed by atoms with E-state index in [-0.39, 0.29) is 0 Å². The minimum Gasteiger partial charge on any atom is -0.377 e. The molecule has 2 aliphatic heterocycles. The smallest absolute Gasteiger partial charge is 0.0807 e. The third-order valence-electron chi connectivity index (χ3n) is 3.56. The zero-order chi connectivity index (χ0) is 10.0. The van der Waals surface area contributed by atoms with Gasteiger partial charge in [-0.1, -0.05) is 13.8 Å². The Morgan fingerprint density at radius 2 is 2.00 bits per heavy atom. The Hall–Kier alpha value is -0.120. The summed E-state index contributed by atoms with van der Waals surface area (Å²) >= 11 is 0. The van der Waals surface area contributed by atoms with Gasteiger partial charge in [-0.15, -0.1) is 0 Å². The number of rotatable bonds is 3. The molecule has 0 unspecified atom stereocenters. The zero-order valence-corrected chi connectivity index (χ0v) is 9.46. The van der Waals surface area contributed by atoms with Crippen LogP contribution in [-0.2, 0) is 4.74 Å². The molecule has 0 N–H and O–H groups in total. The average Bonchev–Trinajstić information content (AvgIpc) is 2.16. The van der Waals surface area contributed by atoms with Gasteiger partial charge in [-0.2, -0.15) is 0 Å². The summed E-state index contributed by atoms with van der Waals surface area (Å²) in [6.45, 7) is 12.5. The number of hydrogen-bond acceptors (Lipinski definition) is 3. The van der Waals surface area contributed by atoms with E-state index in [1.165, 1.54) is 39.1 Å². The van der Waals surface area contributed by atoms with Crippen LogP contribution >= 0.6 is 0 Å². The molecule has 2 aliphatic rings. The summed E-state index contributed by atoms with van der Waals surface area (Å²) in [6, 6.07) is 0. The topological polar surface area (TPSA) is 15.7 Å². The Morgan fingerprint density at radius 1 is 1.21 bits per heavy atom. The van der Waals surface area contributed by atoms with Gasteiger partial charge in [-0.25, -0.2) is 0 Å². The van der Waals surface area contributed by atoms with Crippen molar-refractivity contribution >= 4 is 0 Å². The van der Waals surface area contributed by atoms with Crippen LogP contribution in [0.1, 0.15) is 20.3 Å². The van der Waals surface area contributed by atoms with Crippen LogP contribution in [0.15, 0.2) is 0 Å². The van der Waals surface area contributed by atoms with E-state index in [0.717, 1.165) is 13.2 Å². The molecule has 2 rings (SSSR count). The number of piperazine rings is 1. The quantitative estimate of drug-likeness (QED) is 0.667. The van der Waals surface area contributed by atoms with Crippen LogP contribution < -0.4 is 0 Å². The number of nitrogens with zero attached hydrogens (tertiary/aromatic N) is 2. The van der Waals surface area contributed by atoms with Crippen molar-refractivity contribution in [2.75, 3.05) is 45.9 Å². The van der Waals surface area contributed by atoms with Gasteiger partial charge in [0.15, 0.2) is 0 Å². The largest absolute Gasteiger partial charge is 0.377 e. The lowest BCUT2D eigenvalue weighted by atomic mass is 9.91. The van der Waals surface area contributed by atoms with Gasteiger partial charge in [0.2, 0.25) is 0 Å². The van der Waals surface area contributed by atoms with Crippen LogP contribution in [0.2, 0.25) is 0 Å². The second kappa shape index (κ2) is 4.17. The summed E-state index contributed by atoms with van der Waals surface area (Å²) in [5, 5.41) is 0. The van der Waals surface area contributed by atoms with Gasteiger partial charge < -0.3 is 9.64 Å². The minimum absolute atomic E-state index is 0.379. The van der Waals surface area contributed by atoms with E-state index < -0.39 is 0 Å². The lowest BCUT2D eigenvalue weighted by molar-refractivity contribution is -0.168. The van der Waals surface area contributed by atoms with Crippen LogP contribution in [-0.4, -0.2) is 61.3 Å². The Bertz CT molecular complexity index is 192. The van der Waals surface area contributed by atoms with Crippen LogP contribution in [0.3, 0.4) is 0 Å². The molecule has 0 aliphatic carbocycles. The molecule has 2 fully saturated rings. The second-order valence-electron chi connectivity index (χ2n) is 4.57. The van der Waals surface area contributed by atoms with Gasteiger partial charge in [-0.05, 0) is 19.5 Å². The standard InChI is InChI=1S/C11H22N2O/c1-3-5-13-7-6-12(4-2)8-11(13)9-14-10-11/h3-10H2,1-2H3. The molecule has 0 bridgehead atoms. The third kappa shape index (κ3) is 1.69. The number of likely N-dealkylation sites (N-methyl/N-ethyl adjacent to an activating group) is 1. The molecule has 2 saturated heterocycles. The Kier molecular flexibility index (Phi) is 3.10. The molecule has 0 radical (unpaired) electrons. The Morgan fingerprint density at radius 3 is 2.50 bits per heavy atom. The van der Waals surface area contributed by atoms with Crippen LogP contribution in [0.5, 0.6) is 0 Å². The first-order chi connectivity index (χ1) is 6.80. The number of ether oxygens (including phenoxy) is 1. The minimum atomic E-state index is 0.379. The molecule has 3 heteroatoms. The fourth-order valence-corrected chi connectivity index (χ4v) is 2.59. The summed E-state index contributed by atoms with van der Waals surface area (Å²) in [4.78, 5) is 5.19. The van der Waals surface area contributed by atoms with Crippen molar-refractivity contribution in [3.8, 4) is 0 Å². The van der Waals surface area contributed by atoms with Crippen molar-refractivity contribution in [2.24, 2.45) is 0 Å². The van der Waals surface area contributed by atoms with E-state index in [2.05, 4.69) is 23.6 Å². The summed E-state index contributed by atoms with van der Waals surface area (Å²) in [7, 11) is 0. The Balaban J connectivity index is 1.98. The van der Waals surface area contributed by atoms with Crippen molar-refractivity contribution in [3.05, 3.63) is 0 Å². The van der Waals surface area contributed by atoms with Crippen molar-refractivity contribution in [3.63, 3.8) is 0 Å². The van der Waals surface area contributed by atoms with Gasteiger partial charge >= 0.3 is 0 Å². The monoisotopic (exact) mass is 198 g/mol. The molecule has 0 saturated carbocycles. The van der Waals surface area contributed by atoms with Crippen molar-refractivity contribution in [1.82, 2.24) is 9.80 Å². The molecule has 2 heterocycles. The molecular weight excluding hydrogens is 176 g/mol. The highest BCUT2D eigenvalue weighted by molar-refractivity contribution is 5.01. The highest BCUT2D eigenvalue weighted by Crippen LogP contribution is 2.29. The molecular formula is C11H22N2O. The first kappa shape index (κ1) is 10.4. The predicted octanol–water partition coefficient (Wildman–Crippen LogP) is 0.803. The second-order valence-corrected chi connectivity index (χ2v) is 4.57. The fraction of sp³-hybridized carbons (Fsp3) is 1.00. The summed E-state index contributed by atoms with van der Waals surface area (Å²) in [5.41, 5.74) is 0.379. The SMILES string of the molecule is CCCN1CCN(CC)CC12COC2. The molecule has 82 valence electrons. The fourth-order valence-electron chi connectivity index (χ4n) is 2.59. The summed E-state index contributed by atoms with van der Waals surface area (Å²) < 4.78 is 5.42. The lowest BCUT2D eigenvalue weighted by Gasteiger charge is -2.55. The van der Waals surface area contributed by atoms with Crippen molar-refractivity contribution in [2.45, 2.75) is 25.8 Å². The maximum Gasteiger partial charge on any atom is 0.0807 e. The van der Waals surface area contributed by atoms with Gasteiger partial charge in [0.1, 0.15) is 0 Å². The van der Waals surface area contributed by atoms with E-state index in [9.17, 15) is 0 Å². The third-order valence-corrected chi connectivity index (χ3v) is 3.56. The zero-order valence-electron chi connectivity index (χ0n) is 9.46. The van der Waals surface area contributed by atoms with E-state index in [4.69, 9.17) is 4.74 Å². The first-order valence-electron chi connectivity index (χ1n) is 5.86. The van der Waals surface area contributed by atoms with Gasteiger partial charge in [-0.3, -0.25) is 4.90 Å². The average molecular weight is 198 g/mol. The molecule has 0 aromatic heterocycles. The van der Waals surface area contributed by atoms with E-state index >= 15 is 0 Å². The number of hydrogen-bond donors (Lipinski definition) is 0. The van der Waals surface area contributed by atoms with E-state index in [0.29, 0.717) is 5.54 Å². The highest BCUT2D eigenvalue weighted by atomic mass is 16.5. The van der Waals surface area contributed by atoms with Crippen LogP contribution in [0, 0.1) is 0 Å². The Labute approximate surface area is 87.0 Å². The normalized spacial score (nSPS) is 27.9. The molecule has 0 aromatic carbocycles. The van der Waals surface area contributed by atoms with E-state index in [1.54, 1.807) is 0 Å². The first-order valence-corrected chi connectivity index (χ1v) is 5.86. The van der Waals surface area contributed by atoms with Crippen molar-refractivity contribution in [1.29, 1.82) is 0 Å². The highest BCUT2D eigenvalue weighted by Gasteiger charge is 2.46. The summed E-state index contributed by atoms with van der Waals surface area (Å²) in [6.07, 6.45) is 1.26. The molecule has 0 aromatic rings. The molecule has 3 nitrogen and oxygen atoms in total. The molecule has 1 spiro atoms. The maximum atomic E-state index is 5.42. The maximum absolute atomic E-state index is 5.42. The molecule has 14 heavy (non-hydrogen) atoms. The molecule has 0 atom stereocenters. The predicted molar refractivity (Wildman–Crippen MR) is 57.5 cm³/mol. The van der Waals surface area contributed by atoms with E-state index in [1.807, 2.05) is 0 Å². The summed E-state index contributed by atoms with van der Waals surface area (Å²) in [5.74, 6) is 0.